The molecular formula is C53H76FNO3. The van der Waals surface area contributed by atoms with Gasteiger partial charge in [-0.1, -0.05) is 89.3 Å². The van der Waals surface area contributed by atoms with Gasteiger partial charge in [-0.25, -0.2) is 4.39 Å². The third kappa shape index (κ3) is 6.25. The highest BCUT2D eigenvalue weighted by Gasteiger charge is 2.70. The maximum atomic E-state index is 14.8. The molecular weight excluding hydrogens is 718 g/mol. The van der Waals surface area contributed by atoms with E-state index in [1.54, 1.807) is 0 Å². The van der Waals surface area contributed by atoms with Gasteiger partial charge in [-0.05, 0) is 202 Å². The third-order valence-electron chi connectivity index (χ3n) is 20.1. The number of alkyl halides is 1. The van der Waals surface area contributed by atoms with E-state index in [0.29, 0.717) is 54.3 Å². The second kappa shape index (κ2) is 14.4. The van der Waals surface area contributed by atoms with Crippen LogP contribution >= 0.6 is 0 Å². The third-order valence-corrected chi connectivity index (χ3v) is 20.1. The molecule has 1 aromatic carbocycles. The molecule has 2 N–H and O–H groups in total. The average Bonchev–Trinajstić information content (AvgIpc) is 4.15. The van der Waals surface area contributed by atoms with Crippen molar-refractivity contribution in [1.29, 1.82) is 0 Å². The molecule has 10 atom stereocenters. The van der Waals surface area contributed by atoms with Crippen LogP contribution in [0.3, 0.4) is 0 Å². The minimum Gasteiger partial charge on any atom is -0.460 e. The first kappa shape index (κ1) is 41.1. The van der Waals surface area contributed by atoms with Gasteiger partial charge in [0.2, 0.25) is 0 Å². The summed E-state index contributed by atoms with van der Waals surface area (Å²) in [6, 6.07) is 9.71. The molecule has 0 aromatic heterocycles. The summed E-state index contributed by atoms with van der Waals surface area (Å²) in [5.74, 6) is 3.84. The molecule has 0 radical (unpaired) electrons. The molecule has 8 aliphatic rings. The zero-order chi connectivity index (χ0) is 40.9. The summed E-state index contributed by atoms with van der Waals surface area (Å²) >= 11 is 0. The number of aliphatic hydroxyl groups is 1. The molecule has 0 amide bonds. The zero-order valence-corrected chi connectivity index (χ0v) is 37.1. The second-order valence-electron chi connectivity index (χ2n) is 23.0. The summed E-state index contributed by atoms with van der Waals surface area (Å²) in [7, 11) is 0. The molecule has 1 aromatic rings. The summed E-state index contributed by atoms with van der Waals surface area (Å²) in [4.78, 5) is 13.4. The number of esters is 1. The van der Waals surface area contributed by atoms with Crippen LogP contribution in [0, 0.1) is 68.5 Å². The molecule has 0 saturated heterocycles. The highest BCUT2D eigenvalue weighted by atomic mass is 19.1. The Labute approximate surface area is 350 Å². The van der Waals surface area contributed by atoms with Gasteiger partial charge in [0.25, 0.3) is 0 Å². The standard InChI is InChI=1S/C53H76FNO3/c1-35(2)40-21-28-52(55-32-31-53(57,38-13-14-38)39-15-16-39)30-29-49(6)42(45(40)52)17-18-44-48(5)24-22-41(47(3,4)43(48)23-25-50(44,49)7)37-19-26-51(34-54,27-20-37)46(56)58-33-36-11-9-8-10-12-36/h8-12,19,22,38-40,42-45,55,57H,1,13-18,20-21,23-34H2,2-7H3/t40-,42+,43?,44?,45?,48-,49+,50+,51-,52-/m0/s1. The Balaban J connectivity index is 0.933. The van der Waals surface area contributed by atoms with Crippen molar-refractivity contribution in [3.8, 4) is 0 Å². The predicted octanol–water partition coefficient (Wildman–Crippen LogP) is 12.3. The van der Waals surface area contributed by atoms with Crippen LogP contribution in [0.2, 0.25) is 0 Å². The largest absolute Gasteiger partial charge is 0.460 e. The van der Waals surface area contributed by atoms with Gasteiger partial charge in [-0.3, -0.25) is 4.79 Å². The van der Waals surface area contributed by atoms with Gasteiger partial charge >= 0.3 is 5.97 Å². The van der Waals surface area contributed by atoms with Gasteiger partial charge in [0, 0.05) is 5.54 Å². The van der Waals surface area contributed by atoms with Gasteiger partial charge in [-0.2, -0.15) is 0 Å². The van der Waals surface area contributed by atoms with Gasteiger partial charge < -0.3 is 15.2 Å². The van der Waals surface area contributed by atoms with E-state index >= 15 is 0 Å². The SMILES string of the molecule is C=C(C)[C@@H]1CC[C@]2(NCCC(O)(C3CC3)C3CC3)CC[C@]3(C)[C@H](CCC4[C@@]5(C)CC=C(C6=CC[C@](CF)(C(=O)OCc7ccccc7)CC6)C(C)(C)C5CC[C@]43C)C12. The van der Waals surface area contributed by atoms with Gasteiger partial charge in [-0.15, -0.1) is 0 Å². The minimum atomic E-state index is -1.08. The highest BCUT2D eigenvalue weighted by Crippen LogP contribution is 2.76. The molecule has 8 aliphatic carbocycles. The fraction of sp³-hybridized carbons (Fsp3) is 0.755. The molecule has 0 bridgehead atoms. The molecule has 318 valence electrons. The van der Waals surface area contributed by atoms with Crippen molar-refractivity contribution in [2.75, 3.05) is 13.2 Å². The zero-order valence-electron chi connectivity index (χ0n) is 37.1. The predicted molar refractivity (Wildman–Crippen MR) is 232 cm³/mol. The molecule has 9 rings (SSSR count). The normalized spacial score (nSPS) is 41.9. The van der Waals surface area contributed by atoms with Crippen LogP contribution in [0.1, 0.15) is 156 Å². The first-order valence-corrected chi connectivity index (χ1v) is 23.9. The first-order chi connectivity index (χ1) is 27.6. The van der Waals surface area contributed by atoms with E-state index in [1.165, 1.54) is 93.8 Å². The van der Waals surface area contributed by atoms with E-state index in [9.17, 15) is 14.3 Å². The van der Waals surface area contributed by atoms with E-state index < -0.39 is 23.7 Å². The van der Waals surface area contributed by atoms with Crippen molar-refractivity contribution in [2.24, 2.45) is 68.5 Å². The van der Waals surface area contributed by atoms with Crippen LogP contribution in [-0.2, 0) is 16.1 Å². The van der Waals surface area contributed by atoms with E-state index in [2.05, 4.69) is 65.6 Å². The molecule has 5 heteroatoms. The fourth-order valence-electron chi connectivity index (χ4n) is 16.4. The van der Waals surface area contributed by atoms with Gasteiger partial charge in [0.05, 0.1) is 11.0 Å². The van der Waals surface area contributed by atoms with E-state index in [4.69, 9.17) is 4.74 Å². The second-order valence-corrected chi connectivity index (χ2v) is 23.0. The maximum Gasteiger partial charge on any atom is 0.315 e. The fourth-order valence-corrected chi connectivity index (χ4v) is 16.4. The van der Waals surface area contributed by atoms with Crippen LogP contribution in [0.15, 0.2) is 65.8 Å². The van der Waals surface area contributed by atoms with Crippen LogP contribution in [0.5, 0.6) is 0 Å². The maximum absolute atomic E-state index is 14.8. The van der Waals surface area contributed by atoms with E-state index in [0.717, 1.165) is 31.4 Å². The number of benzene rings is 1. The number of hydrogen-bond donors (Lipinski definition) is 2. The first-order valence-electron chi connectivity index (χ1n) is 23.9. The molecule has 0 heterocycles. The summed E-state index contributed by atoms with van der Waals surface area (Å²) in [6.07, 6.45) is 23.6. The van der Waals surface area contributed by atoms with Crippen molar-refractivity contribution >= 4 is 5.97 Å². The molecule has 3 unspecified atom stereocenters. The lowest BCUT2D eigenvalue weighted by Crippen LogP contribution is -2.68. The van der Waals surface area contributed by atoms with Crippen LogP contribution in [0.4, 0.5) is 4.39 Å². The summed E-state index contributed by atoms with van der Waals surface area (Å²) in [5.41, 5.74) is 4.57. The summed E-state index contributed by atoms with van der Waals surface area (Å²) < 4.78 is 20.5. The number of ether oxygens (including phenoxy) is 1. The highest BCUT2D eigenvalue weighted by molar-refractivity contribution is 5.78. The smallest absolute Gasteiger partial charge is 0.315 e. The number of carbonyl (C=O) groups excluding carboxylic acids is 1. The number of carbonyl (C=O) groups is 1. The summed E-state index contributed by atoms with van der Waals surface area (Å²) in [5, 5.41) is 16.2. The minimum absolute atomic E-state index is 0.00640. The van der Waals surface area contributed by atoms with Crippen molar-refractivity contribution in [1.82, 2.24) is 5.32 Å². The number of allylic oxidation sites excluding steroid dienone is 5. The monoisotopic (exact) mass is 794 g/mol. The lowest BCUT2D eigenvalue weighted by Gasteiger charge is -2.72. The molecule has 6 fully saturated rings. The van der Waals surface area contributed by atoms with Crippen molar-refractivity contribution < 1.29 is 19.0 Å². The quantitative estimate of drug-likeness (QED) is 0.163. The number of rotatable bonds is 12. The molecule has 4 nitrogen and oxygen atoms in total. The van der Waals surface area contributed by atoms with Crippen LogP contribution < -0.4 is 5.32 Å². The van der Waals surface area contributed by atoms with E-state index in [-0.39, 0.29) is 33.8 Å². The van der Waals surface area contributed by atoms with Gasteiger partial charge in [0.1, 0.15) is 13.3 Å². The Morgan fingerprint density at radius 2 is 1.59 bits per heavy atom. The number of nitrogens with one attached hydrogen (secondary N) is 1. The van der Waals surface area contributed by atoms with E-state index in [1.807, 2.05) is 30.3 Å². The van der Waals surface area contributed by atoms with Crippen LogP contribution in [-0.4, -0.2) is 35.4 Å². The number of hydrogen-bond acceptors (Lipinski definition) is 4. The Hall–Kier alpha value is -2.24. The Bertz CT molecular complexity index is 1810. The Morgan fingerprint density at radius 3 is 2.22 bits per heavy atom. The lowest BCUT2D eigenvalue weighted by molar-refractivity contribution is -0.221. The topological polar surface area (TPSA) is 58.6 Å². The molecule has 58 heavy (non-hydrogen) atoms. The Morgan fingerprint density at radius 1 is 0.862 bits per heavy atom. The van der Waals surface area contributed by atoms with Crippen molar-refractivity contribution in [3.63, 3.8) is 0 Å². The van der Waals surface area contributed by atoms with Crippen LogP contribution in [0.25, 0.3) is 0 Å². The number of halogens is 1. The number of fused-ring (bicyclic) bond motifs is 7. The molecule has 6 saturated carbocycles. The lowest BCUT2D eigenvalue weighted by atomic mass is 9.33. The molecule has 0 spiro atoms. The Kier molecular flexibility index (Phi) is 10.2. The average molecular weight is 794 g/mol. The van der Waals surface area contributed by atoms with Crippen molar-refractivity contribution in [3.05, 3.63) is 71.3 Å². The summed E-state index contributed by atoms with van der Waals surface area (Å²) in [6.45, 7) is 20.6. The molecule has 0 aliphatic heterocycles. The van der Waals surface area contributed by atoms with Gasteiger partial charge in [0.15, 0.2) is 0 Å². The van der Waals surface area contributed by atoms with Crippen molar-refractivity contribution in [2.45, 2.75) is 168 Å².